The number of hydrogen-bond donors (Lipinski definition) is 12. The van der Waals surface area contributed by atoms with Crippen LogP contribution in [0.5, 0.6) is 0 Å². The molecule has 2 heterocycles. The van der Waals surface area contributed by atoms with E-state index in [1.807, 2.05) is 0 Å². The van der Waals surface area contributed by atoms with Crippen molar-refractivity contribution in [3.05, 3.63) is 0 Å². The molecule has 0 bridgehead atoms. The molecule has 16 aliphatic rings. The Labute approximate surface area is 755 Å². The topological polar surface area (TPSA) is 472 Å². The lowest BCUT2D eigenvalue weighted by Crippen LogP contribution is -2.54. The molecule has 0 aromatic carbocycles. The number of carboxylic acids is 4. The average Bonchev–Trinajstić information content (AvgIpc) is 1.50. The van der Waals surface area contributed by atoms with Crippen LogP contribution in [0.1, 0.15) is 366 Å². The summed E-state index contributed by atoms with van der Waals surface area (Å²) in [6.07, 6.45) is 49.2. The number of H-pyrrole nitrogens is 2. The molecule has 16 fully saturated rings. The summed E-state index contributed by atoms with van der Waals surface area (Å²) < 4.78 is 0. The first kappa shape index (κ1) is 98.1. The van der Waals surface area contributed by atoms with Crippen molar-refractivity contribution in [1.29, 1.82) is 0 Å². The third-order valence-electron chi connectivity index (χ3n) is 42.3. The van der Waals surface area contributed by atoms with E-state index in [-0.39, 0.29) is 72.9 Å². The van der Waals surface area contributed by atoms with E-state index in [4.69, 9.17) is 44.6 Å². The number of anilines is 6. The van der Waals surface area contributed by atoms with Crippen LogP contribution < -0.4 is 54.6 Å². The van der Waals surface area contributed by atoms with E-state index in [0.29, 0.717) is 104 Å². The van der Waals surface area contributed by atoms with Crippen LogP contribution in [0.4, 0.5) is 35.7 Å². The van der Waals surface area contributed by atoms with Crippen molar-refractivity contribution in [2.24, 2.45) is 185 Å². The van der Waals surface area contributed by atoms with Gasteiger partial charge in [-0.1, -0.05) is 103 Å². The summed E-state index contributed by atoms with van der Waals surface area (Å²) in [7, 11) is 0. The number of hydrogen-bond acceptors (Lipinski definition) is 20. The number of nitrogens with two attached hydrogens (primary N) is 6. The lowest BCUT2D eigenvalue weighted by Gasteiger charge is -2.61. The number of aliphatic hydroxyl groups is 4. The number of aliphatic carboxylic acids is 4. The van der Waals surface area contributed by atoms with Crippen LogP contribution in [0.2, 0.25) is 0 Å². The number of aliphatic hydroxyl groups excluding tert-OH is 4. The number of aromatic nitrogens is 6. The van der Waals surface area contributed by atoms with Gasteiger partial charge in [-0.2, -0.15) is 0 Å². The van der Waals surface area contributed by atoms with E-state index < -0.39 is 23.9 Å². The summed E-state index contributed by atoms with van der Waals surface area (Å²) in [4.78, 5) is 63.1. The Morgan fingerprint density at radius 2 is 0.508 bits per heavy atom. The quantitative estimate of drug-likeness (QED) is 0.0742. The molecule has 20 N–H and O–H groups in total. The smallest absolute Gasteiger partial charge is 0.320 e. The van der Waals surface area contributed by atoms with E-state index >= 15 is 0 Å². The van der Waals surface area contributed by atoms with Crippen LogP contribution in [0.3, 0.4) is 0 Å². The summed E-state index contributed by atoms with van der Waals surface area (Å²) in [5.41, 5.74) is 34.6. The Kier molecular flexibility index (Phi) is 30.6. The fourth-order valence-corrected chi connectivity index (χ4v) is 36.0. The molecule has 0 saturated heterocycles. The average molecular weight is 1760 g/mol. The lowest BCUT2D eigenvalue weighted by molar-refractivity contribution is -0.351. The molecular formula is C102H172N12O12. The van der Waals surface area contributed by atoms with Crippen LogP contribution in [-0.4, -0.2) is 98.9 Å². The molecule has 0 aliphatic heterocycles. The number of nitrogens with zero attached hydrogens (tertiary/aromatic N) is 4. The fourth-order valence-electron chi connectivity index (χ4n) is 36.0. The van der Waals surface area contributed by atoms with Gasteiger partial charge in [-0.3, -0.25) is 9.59 Å². The van der Waals surface area contributed by atoms with E-state index in [1.165, 1.54) is 180 Å². The number of aromatic amines is 2. The molecule has 18 rings (SSSR count). The summed E-state index contributed by atoms with van der Waals surface area (Å²) in [5, 5.41) is 80.8. The van der Waals surface area contributed by atoms with Crippen molar-refractivity contribution < 1.29 is 70.0 Å². The number of nitrogens with one attached hydrogen (secondary N) is 2. The number of carboxylic acid groups (broad SMARTS) is 4. The number of fused-ring (bicyclic) bond motifs is 20. The highest BCUT2D eigenvalue weighted by Crippen LogP contribution is 2.74. The minimum Gasteiger partial charge on any atom is -0.550 e. The molecule has 16 aliphatic carbocycles. The second-order valence-corrected chi connectivity index (χ2v) is 47.8. The van der Waals surface area contributed by atoms with Crippen molar-refractivity contribution >= 4 is 59.6 Å². The van der Waals surface area contributed by atoms with E-state index in [9.17, 15) is 49.8 Å². The number of nitrogen functional groups attached to an aromatic ring is 6. The molecule has 126 heavy (non-hydrogen) atoms. The third kappa shape index (κ3) is 19.9. The molecule has 2 aromatic rings. The number of carbonyl (C=O) groups is 4. The van der Waals surface area contributed by atoms with Gasteiger partial charge in [-0.05, 0) is 455 Å². The molecule has 24 heteroatoms. The van der Waals surface area contributed by atoms with Gasteiger partial charge in [0.1, 0.15) is 0 Å². The first-order valence-electron chi connectivity index (χ1n) is 51.1. The van der Waals surface area contributed by atoms with Crippen LogP contribution in [0.25, 0.3) is 0 Å². The Morgan fingerprint density at radius 3 is 0.706 bits per heavy atom. The van der Waals surface area contributed by atoms with E-state index in [0.717, 1.165) is 172 Å². The van der Waals surface area contributed by atoms with Gasteiger partial charge in [0.2, 0.25) is 0 Å². The molecule has 24 nitrogen and oxygen atoms in total. The van der Waals surface area contributed by atoms with Crippen LogP contribution >= 0.6 is 0 Å². The van der Waals surface area contributed by atoms with E-state index in [1.54, 1.807) is 0 Å². The van der Waals surface area contributed by atoms with Gasteiger partial charge in [-0.15, -0.1) is 0 Å². The molecule has 36 atom stereocenters. The maximum Gasteiger partial charge on any atom is 0.320 e. The number of carbonyl (C=O) groups excluding carboxylic acids is 2. The zero-order valence-corrected chi connectivity index (χ0v) is 79.7. The Balaban J connectivity index is 0.000000135. The maximum atomic E-state index is 11.0. The molecule has 0 amide bonds. The minimum absolute atomic E-state index is 0.0561. The van der Waals surface area contributed by atoms with Crippen molar-refractivity contribution in [3.8, 4) is 0 Å². The highest BCUT2D eigenvalue weighted by atomic mass is 16.4. The first-order chi connectivity index (χ1) is 59.4. The molecule has 0 spiro atoms. The summed E-state index contributed by atoms with van der Waals surface area (Å²) in [6, 6.07) is 0. The van der Waals surface area contributed by atoms with Gasteiger partial charge >= 0.3 is 47.6 Å². The molecular weight excluding hydrogens is 1590 g/mol. The highest BCUT2D eigenvalue weighted by Gasteiger charge is 2.66. The second kappa shape index (κ2) is 39.4. The van der Waals surface area contributed by atoms with Gasteiger partial charge < -0.3 is 84.8 Å². The standard InChI is InChI=1S/4C24H40O3.2C3H6N6/c4*1-15(4-9-22(26)27)19-7-8-20-18-6-5-16-14-17(25)10-12-23(16,2)21(18)11-13-24(19,20)3;2*4-1-7-2(5)9-3(6)8-1/h4*15-21,25H,4-14H2,1-3H3,(H,26,27);2*(H6,4,5,6,7,8,9)/t4*15-,16-,17-,18+,19-,20+,21+,23+,24-;;/m1111../s1. The van der Waals surface area contributed by atoms with Crippen LogP contribution in [0, 0.1) is 185 Å². The van der Waals surface area contributed by atoms with Gasteiger partial charge in [0.25, 0.3) is 0 Å². The van der Waals surface area contributed by atoms with Crippen LogP contribution in [-0.2, 0) is 19.2 Å². The Morgan fingerprint density at radius 1 is 0.310 bits per heavy atom. The Bertz CT molecular complexity index is 3480. The van der Waals surface area contributed by atoms with Crippen molar-refractivity contribution in [3.63, 3.8) is 0 Å². The van der Waals surface area contributed by atoms with Gasteiger partial charge in [0.05, 0.1) is 24.4 Å². The molecule has 0 radical (unpaired) electrons. The van der Waals surface area contributed by atoms with Gasteiger partial charge in [0, 0.05) is 24.8 Å². The molecule has 0 unspecified atom stereocenters. The van der Waals surface area contributed by atoms with Gasteiger partial charge in [-0.25, -0.2) is 9.97 Å². The Hall–Kier alpha value is -5.46. The van der Waals surface area contributed by atoms with E-state index in [2.05, 4.69) is 113 Å². The highest BCUT2D eigenvalue weighted by molar-refractivity contribution is 5.67. The zero-order chi connectivity index (χ0) is 91.3. The second-order valence-electron chi connectivity index (χ2n) is 47.8. The number of rotatable bonds is 16. The maximum absolute atomic E-state index is 11.0. The zero-order valence-electron chi connectivity index (χ0n) is 79.7. The molecule has 2 aromatic heterocycles. The normalized spacial score (nSPS) is 44.5. The van der Waals surface area contributed by atoms with Crippen LogP contribution in [0.15, 0.2) is 0 Å². The van der Waals surface area contributed by atoms with Crippen molar-refractivity contribution in [2.45, 2.75) is 390 Å². The van der Waals surface area contributed by atoms with Crippen molar-refractivity contribution in [2.75, 3.05) is 34.4 Å². The van der Waals surface area contributed by atoms with Crippen molar-refractivity contribution in [1.82, 2.24) is 19.9 Å². The molecule has 16 saturated carbocycles. The predicted octanol–water partition coefficient (Wildman–Crippen LogP) is 15.4. The lowest BCUT2D eigenvalue weighted by atomic mass is 9.44. The molecule has 712 valence electrons. The van der Waals surface area contributed by atoms with Gasteiger partial charge in [0.15, 0.2) is 0 Å². The first-order valence-corrected chi connectivity index (χ1v) is 51.1. The summed E-state index contributed by atoms with van der Waals surface area (Å²) in [6.45, 7) is 29.6. The minimum atomic E-state index is -0.893. The fraction of sp³-hybridized carbons (Fsp3) is 0.902. The monoisotopic (exact) mass is 1760 g/mol. The largest absolute Gasteiger partial charge is 0.550 e. The summed E-state index contributed by atoms with van der Waals surface area (Å²) >= 11 is 0. The third-order valence-corrected chi connectivity index (χ3v) is 42.3. The summed E-state index contributed by atoms with van der Waals surface area (Å²) in [5.74, 6) is 15.7. The SMILES string of the molecule is C[C@H](CCC(=O)O)[C@H]1CC[C@H]2[C@@H]3CC[C@@H]4C[C@H](O)CC[C@]4(C)[C@H]3CC[C@]12C.C[C@H](CCC(=O)O)[C@H]1CC[C@H]2[C@@H]3CC[C@@H]4C[C@H](O)CC[C@]4(C)[C@H]3CC[C@]12C.C[C@H](CCC(=O)[O-])[C@H]1CC[C@H]2[C@@H]3CC[C@@H]4C[C@H](O)CC[C@]4(C)[C@H]3CC[C@]12C.C[C@H](CCC(=O)[O-])[C@H]1CC[C@H]2[C@@H]3CC[C@@H]4C[C@H](O)CC[C@]4(C)[C@H]3CC[C@]12C.Nc1nc(N)[nH+]c(N)n1.Nc1nc(N)[nH+]c(N)n1. The predicted molar refractivity (Wildman–Crippen MR) is 487 cm³/mol.